The van der Waals surface area contributed by atoms with Gasteiger partial charge in [0.1, 0.15) is 5.69 Å². The van der Waals surface area contributed by atoms with Gasteiger partial charge in [-0.3, -0.25) is 29.0 Å². The second-order valence-corrected chi connectivity index (χ2v) is 27.0. The molecule has 0 radical (unpaired) electrons. The smallest absolute Gasteiger partial charge is 0.286 e. The van der Waals surface area contributed by atoms with E-state index in [0.717, 1.165) is 61.2 Å². The molecule has 584 valence electrons. The Balaban J connectivity index is 0.000000605. The first-order chi connectivity index (χ1) is 51.5. The van der Waals surface area contributed by atoms with Crippen molar-refractivity contribution >= 4 is 29.5 Å². The molecule has 0 spiro atoms. The second-order valence-electron chi connectivity index (χ2n) is 27.0. The predicted molar refractivity (Wildman–Crippen MR) is 443 cm³/mol. The molecule has 2 heterocycles. The van der Waals surface area contributed by atoms with E-state index in [1.54, 1.807) is 109 Å². The number of pyridine rings is 1. The summed E-state index contributed by atoms with van der Waals surface area (Å²) < 4.78 is 0. The van der Waals surface area contributed by atoms with Gasteiger partial charge in [-0.1, -0.05) is 238 Å². The van der Waals surface area contributed by atoms with Crippen molar-refractivity contribution in [3.63, 3.8) is 0 Å². The van der Waals surface area contributed by atoms with E-state index in [2.05, 4.69) is 15.0 Å². The summed E-state index contributed by atoms with van der Waals surface area (Å²) in [6.07, 6.45) is 4.01. The quantitative estimate of drug-likeness (QED) is 0.0573. The van der Waals surface area contributed by atoms with E-state index in [0.29, 0.717) is 22.4 Å². The minimum Gasteiger partial charge on any atom is -0.392 e. The van der Waals surface area contributed by atoms with Crippen LogP contribution in [0.2, 0.25) is 0 Å². The van der Waals surface area contributed by atoms with E-state index in [1.807, 2.05) is 258 Å². The van der Waals surface area contributed by atoms with Crippen molar-refractivity contribution in [2.24, 2.45) is 28.7 Å². The fourth-order valence-corrected chi connectivity index (χ4v) is 8.63. The van der Waals surface area contributed by atoms with Crippen LogP contribution >= 0.6 is 0 Å². The topological polar surface area (TPSA) is 375 Å². The molecule has 0 aliphatic carbocycles. The van der Waals surface area contributed by atoms with Crippen molar-refractivity contribution < 1.29 is 54.6 Å². The van der Waals surface area contributed by atoms with Gasteiger partial charge in [-0.25, -0.2) is 9.97 Å². The van der Waals surface area contributed by atoms with Crippen molar-refractivity contribution in [2.45, 2.75) is 154 Å². The largest absolute Gasteiger partial charge is 0.392 e. The summed E-state index contributed by atoms with van der Waals surface area (Å²) in [4.78, 5) is 63.7. The Morgan fingerprint density at radius 1 is 0.318 bits per heavy atom. The maximum absolute atomic E-state index is 10.6. The summed E-state index contributed by atoms with van der Waals surface area (Å²) in [5, 5.41) is 54.7. The molecule has 110 heavy (non-hydrogen) atoms. The summed E-state index contributed by atoms with van der Waals surface area (Å²) in [5.41, 5.74) is 43.9. The van der Waals surface area contributed by atoms with Crippen molar-refractivity contribution in [2.75, 3.05) is 0 Å². The van der Waals surface area contributed by atoms with Gasteiger partial charge in [0.25, 0.3) is 11.8 Å². The van der Waals surface area contributed by atoms with Crippen LogP contribution in [0.25, 0.3) is 0 Å². The summed E-state index contributed by atoms with van der Waals surface area (Å²) in [6, 6.07) is 72.2. The molecule has 11 aromatic rings. The van der Waals surface area contributed by atoms with E-state index in [9.17, 15) is 34.2 Å². The number of hydrogen-bond acceptors (Lipinski definition) is 14. The van der Waals surface area contributed by atoms with E-state index >= 15 is 0 Å². The van der Waals surface area contributed by atoms with Crippen LogP contribution in [0.1, 0.15) is 201 Å². The van der Waals surface area contributed by atoms with Gasteiger partial charge in [-0.2, -0.15) is 0 Å². The number of aromatic nitrogens is 3. The molecule has 0 aliphatic rings. The average molecular weight is 1500 g/mol. The van der Waals surface area contributed by atoms with E-state index < -0.39 is 23.0 Å². The molecule has 2 unspecified atom stereocenters. The molecule has 11 rings (SSSR count). The lowest BCUT2D eigenvalue weighted by Crippen LogP contribution is -2.15. The number of aryl methyl sites for hydroxylation is 11. The fraction of sp³-hybridized carbons (Fsp3) is 0.253. The zero-order valence-corrected chi connectivity index (χ0v) is 66.7. The molecule has 2 aromatic heterocycles. The maximum Gasteiger partial charge on any atom is 0.286 e. The Bertz CT molecular complexity index is 4260. The van der Waals surface area contributed by atoms with Crippen molar-refractivity contribution in [1.29, 1.82) is 0 Å². The van der Waals surface area contributed by atoms with Crippen molar-refractivity contribution in [1.82, 2.24) is 15.0 Å². The zero-order chi connectivity index (χ0) is 83.3. The molecule has 5 amide bonds. The number of aliphatic hydroxyl groups excluding tert-OH is 4. The number of carbonyl (C=O) groups is 5. The van der Waals surface area contributed by atoms with Gasteiger partial charge in [-0.15, -0.1) is 0 Å². The first-order valence-electron chi connectivity index (χ1n) is 35.4. The highest BCUT2D eigenvalue weighted by atomic mass is 16.3. The summed E-state index contributed by atoms with van der Waals surface area (Å²) in [6.45, 7) is 32.7. The third-order valence-electron chi connectivity index (χ3n) is 15.3. The van der Waals surface area contributed by atoms with Gasteiger partial charge >= 0.3 is 0 Å². The molecule has 0 bridgehead atoms. The van der Waals surface area contributed by atoms with E-state index in [-0.39, 0.29) is 49.0 Å². The summed E-state index contributed by atoms with van der Waals surface area (Å²) >= 11 is 0. The van der Waals surface area contributed by atoms with Crippen LogP contribution in [0.4, 0.5) is 0 Å². The lowest BCUT2D eigenvalue weighted by atomic mass is 9.97. The molecule has 0 saturated carbocycles. The summed E-state index contributed by atoms with van der Waals surface area (Å²) in [7, 11) is 0. The van der Waals surface area contributed by atoms with Crippen molar-refractivity contribution in [3.8, 4) is 0 Å². The lowest BCUT2D eigenvalue weighted by Gasteiger charge is -2.17. The zero-order valence-electron chi connectivity index (χ0n) is 66.7. The van der Waals surface area contributed by atoms with E-state index in [4.69, 9.17) is 49.1 Å². The van der Waals surface area contributed by atoms with Crippen LogP contribution in [0.15, 0.2) is 249 Å². The highest BCUT2D eigenvalue weighted by Crippen LogP contribution is 2.21. The van der Waals surface area contributed by atoms with Crippen LogP contribution in [0.3, 0.4) is 0 Å². The van der Waals surface area contributed by atoms with Crippen molar-refractivity contribution in [3.05, 3.63) is 372 Å². The highest BCUT2D eigenvalue weighted by Gasteiger charge is 2.16. The number of hydrogen-bond donors (Lipinski definition) is 11. The highest BCUT2D eigenvalue weighted by molar-refractivity contribution is 5.94. The Labute approximate surface area is 650 Å². The van der Waals surface area contributed by atoms with Gasteiger partial charge in [0.05, 0.1) is 36.6 Å². The van der Waals surface area contributed by atoms with Gasteiger partial charge in [0, 0.05) is 35.3 Å². The van der Waals surface area contributed by atoms with Crippen LogP contribution < -0.4 is 28.7 Å². The number of aliphatic hydroxyl groups is 6. The average Bonchev–Trinajstić information content (AvgIpc) is 0.858. The lowest BCUT2D eigenvalue weighted by molar-refractivity contribution is 0.0780. The second kappa shape index (κ2) is 50.8. The van der Waals surface area contributed by atoms with Gasteiger partial charge in [-0.05, 0) is 205 Å². The Kier molecular flexibility index (Phi) is 44.5. The molecule has 19 heteroatoms. The molecule has 2 atom stereocenters. The minimum absolute atomic E-state index is 0.0607. The minimum atomic E-state index is -0.716. The van der Waals surface area contributed by atoms with E-state index in [1.165, 1.54) is 33.4 Å². The standard InChI is InChI=1S/2C10H14O.2C9H12O.3C8H9NO.2C8H10O.C7H8N2O.C6H7N3O/c1-8-4-6-9(7-5-8)10(2,3)11;1-8-5-4-6-9(7-8)10(2,3)11;1-7-3-5-9(6-4-7)8(2)10;1-7-4-3-5-9(6-7)8(2)10;2*1-6-2-4-7(5-3-6)8(9)10;1-6-3-2-4-7(5-6)8(9)10;1-7-2-4-8(6-9)5-3-7;1-7-3-2-4-8(5-7)6-9;1-5-2-3-6(7(8)10)9-4-5;1-4-2-8-6(5(7)10)9-3-4/h2*4-7,11H,1-3H3;2*3-6,8,10H,1-2H3;3*2-5H,1H3,(H2,9,10);2*2-5,9H,6H2,1H3;2-4H,1H3,(H2,8,10);2-3H,1H3,(H2,7,10). The fourth-order valence-electron chi connectivity index (χ4n) is 8.63. The number of carbonyl (C=O) groups excluding carboxylic acids is 5. The normalized spacial score (nSPS) is 10.5. The Hall–Kier alpha value is -11.7. The predicted octanol–water partition coefficient (Wildman–Crippen LogP) is 15.2. The van der Waals surface area contributed by atoms with Crippen LogP contribution in [-0.2, 0) is 24.4 Å². The number of primary amides is 5. The molecule has 16 N–H and O–H groups in total. The van der Waals surface area contributed by atoms with Gasteiger partial charge < -0.3 is 59.3 Å². The number of amides is 5. The first-order valence-corrected chi connectivity index (χ1v) is 35.4. The van der Waals surface area contributed by atoms with Gasteiger partial charge in [0.2, 0.25) is 23.5 Å². The molecule has 0 saturated heterocycles. The Morgan fingerprint density at radius 3 is 0.982 bits per heavy atom. The third kappa shape index (κ3) is 43.2. The molecule has 0 fully saturated rings. The first kappa shape index (κ1) is 96.3. The van der Waals surface area contributed by atoms with Crippen LogP contribution in [0.5, 0.6) is 0 Å². The molecule has 0 aliphatic heterocycles. The number of nitrogens with two attached hydrogens (primary N) is 5. The van der Waals surface area contributed by atoms with Gasteiger partial charge in [0.15, 0.2) is 0 Å². The Morgan fingerprint density at radius 2 is 0.673 bits per heavy atom. The molecule has 9 aromatic carbocycles. The number of benzene rings is 9. The van der Waals surface area contributed by atoms with Crippen LogP contribution in [-0.4, -0.2) is 75.1 Å². The summed E-state index contributed by atoms with van der Waals surface area (Å²) in [5.74, 6) is -2.14. The third-order valence-corrected chi connectivity index (χ3v) is 15.3. The monoisotopic (exact) mass is 1490 g/mol. The number of nitrogens with zero attached hydrogens (tertiary/aromatic N) is 3. The molecular weight excluding hydrogens is 1380 g/mol. The SMILES string of the molecule is Cc1ccc(C(C)(C)O)cc1.Cc1ccc(C(C)O)cc1.Cc1ccc(C(N)=O)cc1.Cc1ccc(C(N)=O)cc1.Cc1ccc(C(N)=O)nc1.Cc1ccc(CO)cc1.Cc1cccc(C(C)(C)O)c1.Cc1cccc(C(C)O)c1.Cc1cccc(C(N)=O)c1.Cc1cccc(CO)c1.Cc1cnc(C(N)=O)nc1. The number of rotatable bonds is 11. The molecular formula is C91H114N8O11. The maximum atomic E-state index is 10.6. The molecule has 19 nitrogen and oxygen atoms in total. The van der Waals surface area contributed by atoms with Crippen LogP contribution in [0, 0.1) is 76.2 Å².